The van der Waals surface area contributed by atoms with Crippen molar-refractivity contribution in [3.63, 3.8) is 0 Å². The molecule has 0 unspecified atom stereocenters. The normalized spacial score (nSPS) is 12.1. The van der Waals surface area contributed by atoms with E-state index in [4.69, 9.17) is 10.3 Å². The summed E-state index contributed by atoms with van der Waals surface area (Å²) in [4.78, 5) is 16.3. The van der Waals surface area contributed by atoms with Gasteiger partial charge in [0.2, 0.25) is 5.91 Å². The molecule has 0 bridgehead atoms. The quantitative estimate of drug-likeness (QED) is 0.851. The zero-order chi connectivity index (χ0) is 15.2. The van der Waals surface area contributed by atoms with Crippen LogP contribution >= 0.6 is 0 Å². The average Bonchev–Trinajstić information content (AvgIpc) is 2.91. The predicted octanol–water partition coefficient (Wildman–Crippen LogP) is 2.50. The second kappa shape index (κ2) is 6.99. The van der Waals surface area contributed by atoms with E-state index in [1.165, 1.54) is 0 Å². The van der Waals surface area contributed by atoms with Gasteiger partial charge in [-0.2, -0.15) is 4.98 Å². The molecule has 6 nitrogen and oxygen atoms in total. The number of anilines is 1. The first-order valence-electron chi connectivity index (χ1n) is 7.08. The number of rotatable bonds is 6. The number of hydrogen-bond donors (Lipinski definition) is 2. The van der Waals surface area contributed by atoms with Gasteiger partial charge in [0.05, 0.1) is 17.3 Å². The van der Waals surface area contributed by atoms with Crippen LogP contribution in [0.4, 0.5) is 5.69 Å². The fraction of sp³-hybridized carbons (Fsp3) is 0.400. The number of para-hydroxylation sites is 1. The number of carbonyl (C=O) groups excluding carboxylic acids is 1. The lowest BCUT2D eigenvalue weighted by molar-refractivity contribution is -0.117. The maximum Gasteiger partial charge on any atom is 0.260 e. The number of carbonyl (C=O) groups is 1. The molecule has 1 aromatic heterocycles. The van der Waals surface area contributed by atoms with Crippen molar-refractivity contribution in [2.75, 3.05) is 5.32 Å². The van der Waals surface area contributed by atoms with E-state index in [9.17, 15) is 4.79 Å². The predicted molar refractivity (Wildman–Crippen MR) is 80.6 cm³/mol. The van der Waals surface area contributed by atoms with E-state index in [0.29, 0.717) is 29.4 Å². The third-order valence-electron chi connectivity index (χ3n) is 3.15. The number of unbranched alkanes of at least 4 members (excludes halogenated alkanes) is 1. The second-order valence-corrected chi connectivity index (χ2v) is 4.93. The number of benzene rings is 1. The Morgan fingerprint density at radius 1 is 1.43 bits per heavy atom. The fourth-order valence-corrected chi connectivity index (χ4v) is 1.97. The third-order valence-corrected chi connectivity index (χ3v) is 3.15. The molecule has 112 valence electrons. The van der Waals surface area contributed by atoms with Crippen molar-refractivity contribution in [2.45, 2.75) is 39.2 Å². The first-order chi connectivity index (χ1) is 10.1. The highest BCUT2D eigenvalue weighted by atomic mass is 16.5. The molecular formula is C15H20N4O2. The topological polar surface area (TPSA) is 94.0 Å². The molecule has 0 saturated heterocycles. The number of nitrogens with zero attached hydrogens (tertiary/aromatic N) is 2. The summed E-state index contributed by atoms with van der Waals surface area (Å²) in [5.74, 6) is 0.725. The van der Waals surface area contributed by atoms with Crippen molar-refractivity contribution >= 4 is 11.6 Å². The number of nitrogens with two attached hydrogens (primary N) is 1. The van der Waals surface area contributed by atoms with E-state index in [0.717, 1.165) is 12.8 Å². The Labute approximate surface area is 123 Å². The Hall–Kier alpha value is -2.21. The minimum absolute atomic E-state index is 0.202. The number of aromatic nitrogens is 2. The van der Waals surface area contributed by atoms with Crippen LogP contribution in [0.5, 0.6) is 0 Å². The number of hydrogen-bond acceptors (Lipinski definition) is 5. The van der Waals surface area contributed by atoms with Crippen molar-refractivity contribution < 1.29 is 9.32 Å². The van der Waals surface area contributed by atoms with E-state index < -0.39 is 6.04 Å². The average molecular weight is 288 g/mol. The summed E-state index contributed by atoms with van der Waals surface area (Å²) >= 11 is 0. The molecule has 1 aromatic carbocycles. The Morgan fingerprint density at radius 2 is 2.19 bits per heavy atom. The molecule has 6 heteroatoms. The van der Waals surface area contributed by atoms with Gasteiger partial charge in [-0.15, -0.1) is 0 Å². The molecule has 1 atom stereocenters. The van der Waals surface area contributed by atoms with Gasteiger partial charge < -0.3 is 15.6 Å². The van der Waals surface area contributed by atoms with Crippen LogP contribution < -0.4 is 11.1 Å². The molecular weight excluding hydrogens is 268 g/mol. The van der Waals surface area contributed by atoms with Crippen molar-refractivity contribution in [1.29, 1.82) is 0 Å². The molecule has 21 heavy (non-hydrogen) atoms. The summed E-state index contributed by atoms with van der Waals surface area (Å²) in [5.41, 5.74) is 7.19. The van der Waals surface area contributed by atoms with Gasteiger partial charge in [-0.05, 0) is 25.5 Å². The van der Waals surface area contributed by atoms with Crippen LogP contribution in [0.15, 0.2) is 28.8 Å². The van der Waals surface area contributed by atoms with E-state index in [2.05, 4.69) is 22.4 Å². The van der Waals surface area contributed by atoms with E-state index >= 15 is 0 Å². The fourth-order valence-electron chi connectivity index (χ4n) is 1.97. The van der Waals surface area contributed by atoms with Crippen molar-refractivity contribution in [3.05, 3.63) is 30.1 Å². The van der Waals surface area contributed by atoms with E-state index in [1.54, 1.807) is 13.0 Å². The molecule has 0 spiro atoms. The maximum atomic E-state index is 12.1. The summed E-state index contributed by atoms with van der Waals surface area (Å²) in [6, 6.07) is 6.78. The lowest BCUT2D eigenvalue weighted by Crippen LogP contribution is -2.35. The molecule has 0 aliphatic rings. The molecule has 0 radical (unpaired) electrons. The Bertz CT molecular complexity index is 609. The summed E-state index contributed by atoms with van der Waals surface area (Å²) in [6.07, 6.45) is 2.61. The van der Waals surface area contributed by atoms with Gasteiger partial charge in [-0.25, -0.2) is 0 Å². The minimum atomic E-state index is -0.512. The van der Waals surface area contributed by atoms with Gasteiger partial charge in [0.1, 0.15) is 0 Å². The summed E-state index contributed by atoms with van der Waals surface area (Å²) in [7, 11) is 0. The first kappa shape index (κ1) is 15.2. The molecule has 2 aromatic rings. The zero-order valence-electron chi connectivity index (χ0n) is 12.3. The Kier molecular flexibility index (Phi) is 5.05. The molecule has 0 saturated carbocycles. The zero-order valence-corrected chi connectivity index (χ0v) is 12.3. The van der Waals surface area contributed by atoms with E-state index in [1.807, 2.05) is 18.2 Å². The van der Waals surface area contributed by atoms with Crippen LogP contribution in [0.1, 0.15) is 32.0 Å². The SMILES string of the molecule is CCCC[C@H](N)C(=O)Nc1ccccc1-c1nc(C)no1. The number of aryl methyl sites for hydroxylation is 1. The van der Waals surface area contributed by atoms with Crippen LogP contribution in [0, 0.1) is 6.92 Å². The molecule has 1 heterocycles. The van der Waals surface area contributed by atoms with Gasteiger partial charge in [0, 0.05) is 0 Å². The molecule has 3 N–H and O–H groups in total. The highest BCUT2D eigenvalue weighted by Crippen LogP contribution is 2.26. The van der Waals surface area contributed by atoms with E-state index in [-0.39, 0.29) is 5.91 Å². The van der Waals surface area contributed by atoms with Gasteiger partial charge >= 0.3 is 0 Å². The highest BCUT2D eigenvalue weighted by molar-refractivity contribution is 5.97. The highest BCUT2D eigenvalue weighted by Gasteiger charge is 2.17. The standard InChI is InChI=1S/C15H20N4O2/c1-3-4-8-12(16)14(20)18-13-9-6-5-7-11(13)15-17-10(2)19-21-15/h5-7,9,12H,3-4,8,16H2,1-2H3,(H,18,20)/t12-/m0/s1. The number of nitrogens with one attached hydrogen (secondary N) is 1. The maximum absolute atomic E-state index is 12.1. The lowest BCUT2D eigenvalue weighted by atomic mass is 10.1. The summed E-state index contributed by atoms with van der Waals surface area (Å²) in [5, 5.41) is 6.60. The van der Waals surface area contributed by atoms with Gasteiger partial charge in [0.25, 0.3) is 5.89 Å². The van der Waals surface area contributed by atoms with Crippen LogP contribution in [-0.2, 0) is 4.79 Å². The van der Waals surface area contributed by atoms with Crippen LogP contribution in [0.2, 0.25) is 0 Å². The van der Waals surface area contributed by atoms with Gasteiger partial charge in [-0.1, -0.05) is 37.1 Å². The first-order valence-corrected chi connectivity index (χ1v) is 7.08. The van der Waals surface area contributed by atoms with Crippen molar-refractivity contribution in [3.8, 4) is 11.5 Å². The van der Waals surface area contributed by atoms with Gasteiger partial charge in [0.15, 0.2) is 5.82 Å². The van der Waals surface area contributed by atoms with Crippen LogP contribution in [0.25, 0.3) is 11.5 Å². The second-order valence-electron chi connectivity index (χ2n) is 4.93. The molecule has 0 aliphatic heterocycles. The lowest BCUT2D eigenvalue weighted by Gasteiger charge is -2.13. The monoisotopic (exact) mass is 288 g/mol. The molecule has 0 aliphatic carbocycles. The Morgan fingerprint density at radius 3 is 2.86 bits per heavy atom. The molecule has 0 fully saturated rings. The van der Waals surface area contributed by atoms with Crippen molar-refractivity contribution in [1.82, 2.24) is 10.1 Å². The minimum Gasteiger partial charge on any atom is -0.334 e. The molecule has 1 amide bonds. The summed E-state index contributed by atoms with van der Waals surface area (Å²) < 4.78 is 5.15. The van der Waals surface area contributed by atoms with Crippen LogP contribution in [-0.4, -0.2) is 22.1 Å². The smallest absolute Gasteiger partial charge is 0.260 e. The third kappa shape index (κ3) is 3.88. The van der Waals surface area contributed by atoms with Crippen molar-refractivity contribution in [2.24, 2.45) is 5.73 Å². The largest absolute Gasteiger partial charge is 0.334 e. The van der Waals surface area contributed by atoms with Crippen LogP contribution in [0.3, 0.4) is 0 Å². The Balaban J connectivity index is 2.15. The molecule has 2 rings (SSSR count). The summed E-state index contributed by atoms with van der Waals surface area (Å²) in [6.45, 7) is 3.81. The number of amides is 1. The van der Waals surface area contributed by atoms with Gasteiger partial charge in [-0.3, -0.25) is 4.79 Å².